The third-order valence-corrected chi connectivity index (χ3v) is 5.05. The normalized spacial score (nSPS) is 11.2. The van der Waals surface area contributed by atoms with E-state index in [1.165, 1.54) is 6.08 Å². The van der Waals surface area contributed by atoms with Gasteiger partial charge in [-0.05, 0) is 43.7 Å². The third-order valence-electron chi connectivity index (χ3n) is 4.68. The number of esters is 1. The van der Waals surface area contributed by atoms with Crippen molar-refractivity contribution in [1.82, 2.24) is 14.3 Å². The van der Waals surface area contributed by atoms with Gasteiger partial charge in [0.15, 0.2) is 6.61 Å². The summed E-state index contributed by atoms with van der Waals surface area (Å²) in [4.78, 5) is 24.1. The Morgan fingerprint density at radius 3 is 2.62 bits per heavy atom. The summed E-state index contributed by atoms with van der Waals surface area (Å²) in [5.74, 6) is -0.829. The van der Waals surface area contributed by atoms with Gasteiger partial charge < -0.3 is 9.30 Å². The lowest BCUT2D eigenvalue weighted by atomic mass is 10.1. The highest BCUT2D eigenvalue weighted by atomic mass is 35.5. The molecule has 0 saturated heterocycles. The maximum Gasteiger partial charge on any atom is 0.331 e. The van der Waals surface area contributed by atoms with E-state index in [2.05, 4.69) is 5.10 Å². The van der Waals surface area contributed by atoms with Crippen LogP contribution in [0.1, 0.15) is 33.0 Å². The molecule has 0 aliphatic carbocycles. The SMILES string of the molecule is Cc1nn(Cc2ccccc2Cl)c(C)c1/C=C/C(=O)OCC(=O)c1cccn1C. The van der Waals surface area contributed by atoms with Crippen LogP contribution in [0.15, 0.2) is 48.7 Å². The number of rotatable bonds is 7. The summed E-state index contributed by atoms with van der Waals surface area (Å²) in [7, 11) is 1.76. The molecule has 29 heavy (non-hydrogen) atoms. The number of ether oxygens (including phenoxy) is 1. The second-order valence-electron chi connectivity index (χ2n) is 6.70. The molecule has 0 fully saturated rings. The largest absolute Gasteiger partial charge is 0.454 e. The minimum atomic E-state index is -0.579. The number of hydrogen-bond acceptors (Lipinski definition) is 4. The lowest BCUT2D eigenvalue weighted by Gasteiger charge is -2.06. The summed E-state index contributed by atoms with van der Waals surface area (Å²) >= 11 is 6.24. The van der Waals surface area contributed by atoms with Crippen LogP contribution in [0.25, 0.3) is 6.08 Å². The maximum absolute atomic E-state index is 12.1. The first-order valence-electron chi connectivity index (χ1n) is 9.13. The molecule has 0 amide bonds. The standard InChI is InChI=1S/C22H22ClN3O3/c1-15-18(16(2)26(24-15)13-17-7-4-5-8-19(17)23)10-11-22(28)29-14-21(27)20-9-6-12-25(20)3/h4-12H,13-14H2,1-3H3/b11-10+. The Morgan fingerprint density at radius 2 is 1.93 bits per heavy atom. The first-order chi connectivity index (χ1) is 13.9. The van der Waals surface area contributed by atoms with Crippen LogP contribution in [0, 0.1) is 13.8 Å². The van der Waals surface area contributed by atoms with E-state index < -0.39 is 5.97 Å². The van der Waals surface area contributed by atoms with Gasteiger partial charge in [-0.3, -0.25) is 9.48 Å². The van der Waals surface area contributed by atoms with Crippen molar-refractivity contribution in [3.63, 3.8) is 0 Å². The third kappa shape index (κ3) is 4.84. The van der Waals surface area contributed by atoms with Crippen molar-refractivity contribution in [1.29, 1.82) is 0 Å². The monoisotopic (exact) mass is 411 g/mol. The van der Waals surface area contributed by atoms with E-state index in [1.807, 2.05) is 42.8 Å². The van der Waals surface area contributed by atoms with E-state index in [-0.39, 0.29) is 12.4 Å². The van der Waals surface area contributed by atoms with Crippen LogP contribution in [-0.2, 0) is 23.1 Å². The number of nitrogens with zero attached hydrogens (tertiary/aromatic N) is 3. The van der Waals surface area contributed by atoms with Crippen LogP contribution >= 0.6 is 11.6 Å². The average Bonchev–Trinajstić information content (AvgIpc) is 3.23. The maximum atomic E-state index is 12.1. The number of ketones is 1. The van der Waals surface area contributed by atoms with Crippen LogP contribution in [-0.4, -0.2) is 32.7 Å². The topological polar surface area (TPSA) is 66.1 Å². The minimum Gasteiger partial charge on any atom is -0.454 e. The summed E-state index contributed by atoms with van der Waals surface area (Å²) in [6.07, 6.45) is 4.74. The number of carbonyl (C=O) groups is 2. The molecule has 0 radical (unpaired) electrons. The van der Waals surface area contributed by atoms with E-state index >= 15 is 0 Å². The van der Waals surface area contributed by atoms with E-state index in [1.54, 1.807) is 36.0 Å². The van der Waals surface area contributed by atoms with Crippen molar-refractivity contribution in [3.05, 3.63) is 81.9 Å². The Balaban J connectivity index is 1.65. The van der Waals surface area contributed by atoms with Crippen molar-refractivity contribution in [2.45, 2.75) is 20.4 Å². The summed E-state index contributed by atoms with van der Waals surface area (Å²) in [5, 5.41) is 5.22. The molecule has 2 aromatic heterocycles. The van der Waals surface area contributed by atoms with Gasteiger partial charge in [-0.1, -0.05) is 29.8 Å². The smallest absolute Gasteiger partial charge is 0.331 e. The fraction of sp³-hybridized carbons (Fsp3) is 0.227. The lowest BCUT2D eigenvalue weighted by molar-refractivity contribution is -0.136. The van der Waals surface area contributed by atoms with Crippen molar-refractivity contribution >= 4 is 29.4 Å². The fourth-order valence-electron chi connectivity index (χ4n) is 3.05. The van der Waals surface area contributed by atoms with E-state index in [0.29, 0.717) is 17.3 Å². The predicted molar refractivity (Wildman–Crippen MR) is 112 cm³/mol. The molecule has 0 unspecified atom stereocenters. The molecule has 3 rings (SSSR count). The molecule has 0 aliphatic heterocycles. The Kier molecular flexibility index (Phi) is 6.34. The highest BCUT2D eigenvalue weighted by Crippen LogP contribution is 2.20. The molecule has 0 spiro atoms. The Morgan fingerprint density at radius 1 is 1.17 bits per heavy atom. The van der Waals surface area contributed by atoms with Gasteiger partial charge in [-0.25, -0.2) is 4.79 Å². The molecular formula is C22H22ClN3O3. The zero-order chi connectivity index (χ0) is 21.0. The van der Waals surface area contributed by atoms with Gasteiger partial charge in [-0.15, -0.1) is 0 Å². The van der Waals surface area contributed by atoms with Crippen LogP contribution in [0.2, 0.25) is 5.02 Å². The first-order valence-corrected chi connectivity index (χ1v) is 9.51. The molecule has 0 atom stereocenters. The fourth-order valence-corrected chi connectivity index (χ4v) is 3.25. The van der Waals surface area contributed by atoms with Gasteiger partial charge in [0.2, 0.25) is 5.78 Å². The van der Waals surface area contributed by atoms with Gasteiger partial charge in [0.1, 0.15) is 0 Å². The van der Waals surface area contributed by atoms with Gasteiger partial charge in [0.25, 0.3) is 0 Å². The summed E-state index contributed by atoms with van der Waals surface area (Å²) in [6, 6.07) is 11.1. The second kappa shape index (κ2) is 8.92. The zero-order valence-corrected chi connectivity index (χ0v) is 17.3. The van der Waals surface area contributed by atoms with Crippen LogP contribution in [0.4, 0.5) is 0 Å². The molecule has 2 heterocycles. The van der Waals surface area contributed by atoms with Crippen LogP contribution in [0.3, 0.4) is 0 Å². The molecule has 1 aromatic carbocycles. The number of benzene rings is 1. The quantitative estimate of drug-likeness (QED) is 0.335. The molecular weight excluding hydrogens is 390 g/mol. The summed E-state index contributed by atoms with van der Waals surface area (Å²) in [6.45, 7) is 4.04. The number of aryl methyl sites for hydroxylation is 2. The average molecular weight is 412 g/mol. The Bertz CT molecular complexity index is 1080. The molecule has 150 valence electrons. The Labute approximate surface area is 174 Å². The number of hydrogen-bond donors (Lipinski definition) is 0. The predicted octanol–water partition coefficient (Wildman–Crippen LogP) is 3.98. The van der Waals surface area contributed by atoms with Crippen molar-refractivity contribution in [2.75, 3.05) is 6.61 Å². The molecule has 0 aliphatic rings. The minimum absolute atomic E-state index is 0.251. The first kappa shape index (κ1) is 20.6. The highest BCUT2D eigenvalue weighted by molar-refractivity contribution is 6.31. The van der Waals surface area contributed by atoms with Crippen LogP contribution < -0.4 is 0 Å². The number of halogens is 1. The molecule has 7 heteroatoms. The molecule has 3 aromatic rings. The van der Waals surface area contributed by atoms with Gasteiger partial charge >= 0.3 is 5.97 Å². The molecule has 0 bridgehead atoms. The second-order valence-corrected chi connectivity index (χ2v) is 7.11. The molecule has 6 nitrogen and oxygen atoms in total. The molecule has 0 N–H and O–H groups in total. The highest BCUT2D eigenvalue weighted by Gasteiger charge is 2.13. The van der Waals surface area contributed by atoms with Crippen molar-refractivity contribution in [2.24, 2.45) is 7.05 Å². The number of aromatic nitrogens is 3. The van der Waals surface area contributed by atoms with Gasteiger partial charge in [0, 0.05) is 35.6 Å². The van der Waals surface area contributed by atoms with E-state index in [4.69, 9.17) is 16.3 Å². The van der Waals surface area contributed by atoms with Crippen molar-refractivity contribution in [3.8, 4) is 0 Å². The van der Waals surface area contributed by atoms with Gasteiger partial charge in [-0.2, -0.15) is 5.10 Å². The van der Waals surface area contributed by atoms with E-state index in [9.17, 15) is 9.59 Å². The number of Topliss-reactive ketones (excluding diaryl/α,β-unsaturated/α-hetero) is 1. The summed E-state index contributed by atoms with van der Waals surface area (Å²) < 4.78 is 8.60. The Hall–Kier alpha value is -3.12. The molecule has 0 saturated carbocycles. The number of carbonyl (C=O) groups excluding carboxylic acids is 2. The van der Waals surface area contributed by atoms with Crippen LogP contribution in [0.5, 0.6) is 0 Å². The lowest BCUT2D eigenvalue weighted by Crippen LogP contribution is -2.15. The summed E-state index contributed by atoms with van der Waals surface area (Å²) in [5.41, 5.74) is 4.00. The van der Waals surface area contributed by atoms with Gasteiger partial charge in [0.05, 0.1) is 17.9 Å². The zero-order valence-electron chi connectivity index (χ0n) is 16.6. The van der Waals surface area contributed by atoms with Crippen molar-refractivity contribution < 1.29 is 14.3 Å². The van der Waals surface area contributed by atoms with E-state index in [0.717, 1.165) is 22.5 Å².